The Balaban J connectivity index is 1.52. The number of carbonyl (C=O) groups is 3. The first-order chi connectivity index (χ1) is 17.2. The van der Waals surface area contributed by atoms with Crippen LogP contribution in [0, 0.1) is 5.41 Å². The average molecular weight is 526 g/mol. The monoisotopic (exact) mass is 525 g/mol. The number of hydrogen-bond acceptors (Lipinski definition) is 9. The van der Waals surface area contributed by atoms with Crippen molar-refractivity contribution in [1.82, 2.24) is 10.3 Å². The van der Waals surface area contributed by atoms with Crippen LogP contribution < -0.4 is 10.6 Å². The molecule has 3 aromatic rings. The molecule has 0 saturated carbocycles. The van der Waals surface area contributed by atoms with Crippen LogP contribution in [0.5, 0.6) is 0 Å². The normalized spacial score (nSPS) is 15.1. The summed E-state index contributed by atoms with van der Waals surface area (Å²) in [5.74, 6) is -1.17. The molecule has 1 aliphatic rings. The lowest BCUT2D eigenvalue weighted by atomic mass is 9.93. The number of allylic oxidation sites excluding steroid dienone is 1. The van der Waals surface area contributed by atoms with E-state index in [0.29, 0.717) is 16.3 Å². The third-order valence-electron chi connectivity index (χ3n) is 5.48. The molecule has 10 heteroatoms. The number of thiazole rings is 1. The fourth-order valence-electron chi connectivity index (χ4n) is 3.50. The minimum atomic E-state index is -0.681. The Bertz CT molecular complexity index is 1260. The number of carbonyl (C=O) groups excluding carboxylic acids is 3. The first-order valence-corrected chi connectivity index (χ1v) is 13.2. The van der Waals surface area contributed by atoms with Gasteiger partial charge in [-0.05, 0) is 62.7 Å². The highest BCUT2D eigenvalue weighted by Crippen LogP contribution is 2.38. The third kappa shape index (κ3) is 6.19. The van der Waals surface area contributed by atoms with Crippen LogP contribution in [0.15, 0.2) is 53.5 Å². The molecule has 1 atom stereocenters. The van der Waals surface area contributed by atoms with Gasteiger partial charge in [0.05, 0.1) is 10.9 Å². The molecule has 36 heavy (non-hydrogen) atoms. The lowest BCUT2D eigenvalue weighted by Crippen LogP contribution is -2.25. The van der Waals surface area contributed by atoms with Gasteiger partial charge in [-0.3, -0.25) is 9.59 Å². The molecule has 0 saturated heterocycles. The first kappa shape index (κ1) is 25.6. The number of anilines is 1. The van der Waals surface area contributed by atoms with E-state index in [2.05, 4.69) is 15.6 Å². The fourth-order valence-corrected chi connectivity index (χ4v) is 5.16. The molecule has 3 heterocycles. The highest BCUT2D eigenvalue weighted by Gasteiger charge is 2.26. The van der Waals surface area contributed by atoms with Gasteiger partial charge >= 0.3 is 11.9 Å². The predicted molar refractivity (Wildman–Crippen MR) is 140 cm³/mol. The van der Waals surface area contributed by atoms with Crippen LogP contribution >= 0.6 is 22.7 Å². The Morgan fingerprint density at radius 2 is 1.94 bits per heavy atom. The van der Waals surface area contributed by atoms with Gasteiger partial charge in [-0.1, -0.05) is 18.2 Å². The number of amides is 1. The van der Waals surface area contributed by atoms with E-state index in [1.165, 1.54) is 22.7 Å². The summed E-state index contributed by atoms with van der Waals surface area (Å²) in [6.45, 7) is 5.58. The van der Waals surface area contributed by atoms with Crippen molar-refractivity contribution in [3.8, 4) is 10.4 Å². The highest BCUT2D eigenvalue weighted by molar-refractivity contribution is 7.17. The Labute approximate surface area is 217 Å². The van der Waals surface area contributed by atoms with Crippen LogP contribution in [0.4, 0.5) is 5.69 Å². The summed E-state index contributed by atoms with van der Waals surface area (Å²) < 4.78 is 10.4. The minimum Gasteiger partial charge on any atom is -0.427 e. The van der Waals surface area contributed by atoms with E-state index in [9.17, 15) is 14.4 Å². The van der Waals surface area contributed by atoms with Crippen LogP contribution in [-0.2, 0) is 14.3 Å². The van der Waals surface area contributed by atoms with E-state index in [1.807, 2.05) is 42.6 Å². The second kappa shape index (κ2) is 11.0. The van der Waals surface area contributed by atoms with Gasteiger partial charge in [-0.15, -0.1) is 22.7 Å². The number of benzene rings is 1. The zero-order valence-electron chi connectivity index (χ0n) is 20.2. The standard InChI is InChI=1S/C26H27N3O5S2/c1-26(2,3)25(32)34-15-33-24(31)22-19(16-8-10-27-11-9-16)12-21(36-22)17-4-6-18(7-5-17)29-23(30)20-13-35-14-28-20/h4-8,10,12-14,16,27H,9,11,15H2,1-3H3,(H,29,30). The average Bonchev–Trinajstić information content (AvgIpc) is 3.55. The summed E-state index contributed by atoms with van der Waals surface area (Å²) >= 11 is 2.69. The van der Waals surface area contributed by atoms with Crippen molar-refractivity contribution < 1.29 is 23.9 Å². The van der Waals surface area contributed by atoms with Crippen molar-refractivity contribution in [1.29, 1.82) is 0 Å². The van der Waals surface area contributed by atoms with Gasteiger partial charge in [0.1, 0.15) is 10.6 Å². The maximum absolute atomic E-state index is 13.0. The van der Waals surface area contributed by atoms with E-state index < -0.39 is 24.1 Å². The van der Waals surface area contributed by atoms with Crippen molar-refractivity contribution in [2.24, 2.45) is 5.41 Å². The van der Waals surface area contributed by atoms with Gasteiger partial charge in [0.25, 0.3) is 5.91 Å². The summed E-state index contributed by atoms with van der Waals surface area (Å²) in [5, 5.41) is 7.70. The van der Waals surface area contributed by atoms with Crippen molar-refractivity contribution in [3.63, 3.8) is 0 Å². The summed E-state index contributed by atoms with van der Waals surface area (Å²) in [7, 11) is 0. The molecule has 1 aliphatic heterocycles. The Morgan fingerprint density at radius 3 is 2.58 bits per heavy atom. The maximum atomic E-state index is 13.0. The van der Waals surface area contributed by atoms with Gasteiger partial charge in [-0.2, -0.15) is 0 Å². The molecule has 0 radical (unpaired) electrons. The minimum absolute atomic E-state index is 0.0626. The van der Waals surface area contributed by atoms with Gasteiger partial charge in [0.2, 0.25) is 6.79 Å². The van der Waals surface area contributed by atoms with Crippen LogP contribution in [-0.4, -0.2) is 36.2 Å². The number of aromatic nitrogens is 1. The summed E-state index contributed by atoms with van der Waals surface area (Å²) in [4.78, 5) is 42.6. The molecule has 1 unspecified atom stereocenters. The molecule has 188 valence electrons. The van der Waals surface area contributed by atoms with Crippen molar-refractivity contribution >= 4 is 46.2 Å². The molecule has 0 bridgehead atoms. The molecule has 2 N–H and O–H groups in total. The van der Waals surface area contributed by atoms with E-state index >= 15 is 0 Å². The number of thiophene rings is 1. The molecule has 8 nitrogen and oxygen atoms in total. The van der Waals surface area contributed by atoms with Crippen LogP contribution in [0.25, 0.3) is 10.4 Å². The van der Waals surface area contributed by atoms with Gasteiger partial charge < -0.3 is 20.1 Å². The maximum Gasteiger partial charge on any atom is 0.351 e. The van der Waals surface area contributed by atoms with Crippen molar-refractivity contribution in [2.75, 3.05) is 18.7 Å². The second-order valence-electron chi connectivity index (χ2n) is 9.24. The first-order valence-electron chi connectivity index (χ1n) is 11.4. The molecule has 4 rings (SSSR count). The number of esters is 2. The molecular weight excluding hydrogens is 498 g/mol. The zero-order chi connectivity index (χ0) is 25.7. The molecular formula is C26H27N3O5S2. The van der Waals surface area contributed by atoms with Crippen LogP contribution in [0.1, 0.15) is 58.8 Å². The Morgan fingerprint density at radius 1 is 1.17 bits per heavy atom. The number of ether oxygens (including phenoxy) is 2. The molecule has 0 fully saturated rings. The summed E-state index contributed by atoms with van der Waals surface area (Å²) in [6, 6.07) is 9.42. The smallest absolute Gasteiger partial charge is 0.351 e. The quantitative estimate of drug-likeness (QED) is 0.313. The number of hydrogen-bond donors (Lipinski definition) is 2. The van der Waals surface area contributed by atoms with Gasteiger partial charge in [-0.25, -0.2) is 9.78 Å². The van der Waals surface area contributed by atoms with Crippen molar-refractivity contribution in [2.45, 2.75) is 33.1 Å². The van der Waals surface area contributed by atoms with Crippen LogP contribution in [0.3, 0.4) is 0 Å². The van der Waals surface area contributed by atoms with E-state index in [-0.39, 0.29) is 11.8 Å². The van der Waals surface area contributed by atoms with Gasteiger partial charge in [0.15, 0.2) is 0 Å². The lowest BCUT2D eigenvalue weighted by molar-refractivity contribution is -0.161. The van der Waals surface area contributed by atoms with E-state index in [0.717, 1.165) is 29.0 Å². The Kier molecular flexibility index (Phi) is 7.85. The van der Waals surface area contributed by atoms with Crippen LogP contribution in [0.2, 0.25) is 0 Å². The molecule has 2 aromatic heterocycles. The predicted octanol–water partition coefficient (Wildman–Crippen LogP) is 5.42. The zero-order valence-corrected chi connectivity index (χ0v) is 21.8. The topological polar surface area (TPSA) is 107 Å². The third-order valence-corrected chi connectivity index (χ3v) is 7.24. The lowest BCUT2D eigenvalue weighted by Gasteiger charge is -2.18. The molecule has 0 spiro atoms. The largest absolute Gasteiger partial charge is 0.427 e. The number of nitrogens with one attached hydrogen (secondary N) is 2. The molecule has 0 aliphatic carbocycles. The van der Waals surface area contributed by atoms with E-state index in [1.54, 1.807) is 31.7 Å². The van der Waals surface area contributed by atoms with Gasteiger partial charge in [0, 0.05) is 28.4 Å². The SMILES string of the molecule is CC(C)(C)C(=O)OCOC(=O)c1sc(-c2ccc(NC(=O)c3cscn3)cc2)cc1C1C=CNCC1. The van der Waals surface area contributed by atoms with E-state index in [4.69, 9.17) is 9.47 Å². The number of rotatable bonds is 7. The number of nitrogens with zero attached hydrogens (tertiary/aromatic N) is 1. The van der Waals surface area contributed by atoms with Crippen molar-refractivity contribution in [3.05, 3.63) is 69.6 Å². The molecule has 1 aromatic carbocycles. The molecule has 1 amide bonds. The Hall–Kier alpha value is -3.50. The second-order valence-corrected chi connectivity index (χ2v) is 11.0. The fraction of sp³-hybridized carbons (Fsp3) is 0.308. The summed E-state index contributed by atoms with van der Waals surface area (Å²) in [5.41, 5.74) is 3.74. The highest BCUT2D eigenvalue weighted by atomic mass is 32.1. The summed E-state index contributed by atoms with van der Waals surface area (Å²) in [6.07, 6.45) is 4.77.